The monoisotopic (exact) mass is 197 g/mol. The highest BCUT2D eigenvalue weighted by Crippen LogP contribution is 2.24. The molecule has 0 aliphatic heterocycles. The maximum absolute atomic E-state index is 13.1. The Morgan fingerprint density at radius 3 is 2.71 bits per heavy atom. The van der Waals surface area contributed by atoms with Gasteiger partial charge >= 0.3 is 0 Å². The lowest BCUT2D eigenvalue weighted by Gasteiger charge is -2.11. The summed E-state index contributed by atoms with van der Waals surface area (Å²) in [7, 11) is 3.49. The van der Waals surface area contributed by atoms with E-state index >= 15 is 0 Å². The Labute approximate surface area is 84.1 Å². The van der Waals surface area contributed by atoms with Crippen molar-refractivity contribution in [3.63, 3.8) is 0 Å². The van der Waals surface area contributed by atoms with Crippen LogP contribution in [-0.2, 0) is 6.42 Å². The third-order valence-corrected chi connectivity index (χ3v) is 2.16. The lowest BCUT2D eigenvalue weighted by molar-refractivity contribution is 0.404. The summed E-state index contributed by atoms with van der Waals surface area (Å²) in [6.45, 7) is 2.67. The number of nitrogens with one attached hydrogen (secondary N) is 1. The number of methoxy groups -OCH3 is 1. The molecule has 0 aromatic heterocycles. The Hall–Kier alpha value is -1.09. The van der Waals surface area contributed by atoms with Gasteiger partial charge in [0.25, 0.3) is 0 Å². The minimum Gasteiger partial charge on any atom is -0.496 e. The van der Waals surface area contributed by atoms with Crippen LogP contribution in [0.1, 0.15) is 11.1 Å². The molecule has 0 unspecified atom stereocenters. The Kier molecular flexibility index (Phi) is 3.89. The first-order valence-corrected chi connectivity index (χ1v) is 4.66. The molecule has 0 saturated carbocycles. The van der Waals surface area contributed by atoms with Gasteiger partial charge in [0.2, 0.25) is 0 Å². The number of halogens is 1. The van der Waals surface area contributed by atoms with Gasteiger partial charge in [0.05, 0.1) is 7.11 Å². The van der Waals surface area contributed by atoms with E-state index in [4.69, 9.17) is 4.74 Å². The standard InChI is InChI=1S/C11H16FNO/c1-8-6-10(12)7-9(4-5-13-2)11(8)14-3/h6-7,13H,4-5H2,1-3H3. The van der Waals surface area contributed by atoms with E-state index in [1.165, 1.54) is 12.1 Å². The van der Waals surface area contributed by atoms with Crippen molar-refractivity contribution in [3.8, 4) is 5.75 Å². The zero-order chi connectivity index (χ0) is 10.6. The van der Waals surface area contributed by atoms with Crippen LogP contribution in [0.2, 0.25) is 0 Å². The van der Waals surface area contributed by atoms with Crippen LogP contribution in [0.5, 0.6) is 5.75 Å². The SMILES string of the molecule is CNCCc1cc(F)cc(C)c1OC. The second-order valence-electron chi connectivity index (χ2n) is 3.27. The van der Waals surface area contributed by atoms with Crippen LogP contribution in [0.4, 0.5) is 4.39 Å². The van der Waals surface area contributed by atoms with Crippen LogP contribution in [-0.4, -0.2) is 20.7 Å². The van der Waals surface area contributed by atoms with E-state index in [0.29, 0.717) is 0 Å². The number of hydrogen-bond donors (Lipinski definition) is 1. The van der Waals surface area contributed by atoms with E-state index in [-0.39, 0.29) is 5.82 Å². The van der Waals surface area contributed by atoms with E-state index in [2.05, 4.69) is 5.32 Å². The summed E-state index contributed by atoms with van der Waals surface area (Å²) < 4.78 is 18.3. The molecule has 0 aliphatic carbocycles. The van der Waals surface area contributed by atoms with E-state index in [1.54, 1.807) is 7.11 Å². The molecule has 0 spiro atoms. The normalized spacial score (nSPS) is 10.3. The summed E-state index contributed by atoms with van der Waals surface area (Å²) in [4.78, 5) is 0. The summed E-state index contributed by atoms with van der Waals surface area (Å²) in [6.07, 6.45) is 0.776. The summed E-state index contributed by atoms with van der Waals surface area (Å²) >= 11 is 0. The van der Waals surface area contributed by atoms with Gasteiger partial charge in [-0.15, -0.1) is 0 Å². The van der Waals surface area contributed by atoms with Crippen LogP contribution in [0.3, 0.4) is 0 Å². The Morgan fingerprint density at radius 1 is 1.43 bits per heavy atom. The van der Waals surface area contributed by atoms with Gasteiger partial charge in [0, 0.05) is 0 Å². The number of hydrogen-bond acceptors (Lipinski definition) is 2. The second-order valence-corrected chi connectivity index (χ2v) is 3.27. The number of likely N-dealkylation sites (N-methyl/N-ethyl adjacent to an activating group) is 1. The minimum atomic E-state index is -0.200. The van der Waals surface area contributed by atoms with Gasteiger partial charge in [-0.3, -0.25) is 0 Å². The van der Waals surface area contributed by atoms with Crippen molar-refractivity contribution in [2.24, 2.45) is 0 Å². The predicted molar refractivity (Wildman–Crippen MR) is 55.3 cm³/mol. The average Bonchev–Trinajstić information content (AvgIpc) is 2.14. The van der Waals surface area contributed by atoms with Crippen LogP contribution >= 0.6 is 0 Å². The molecule has 1 aromatic carbocycles. The highest BCUT2D eigenvalue weighted by atomic mass is 19.1. The molecule has 0 aliphatic rings. The van der Waals surface area contributed by atoms with E-state index in [1.807, 2.05) is 14.0 Å². The van der Waals surface area contributed by atoms with Crippen molar-refractivity contribution in [3.05, 3.63) is 29.1 Å². The first-order valence-electron chi connectivity index (χ1n) is 4.66. The Balaban J connectivity index is 2.99. The van der Waals surface area contributed by atoms with Crippen LogP contribution in [0.15, 0.2) is 12.1 Å². The third-order valence-electron chi connectivity index (χ3n) is 2.16. The predicted octanol–water partition coefficient (Wildman–Crippen LogP) is 1.90. The molecular formula is C11H16FNO. The van der Waals surface area contributed by atoms with Crippen molar-refractivity contribution >= 4 is 0 Å². The molecule has 1 aromatic rings. The van der Waals surface area contributed by atoms with Crippen molar-refractivity contribution in [2.45, 2.75) is 13.3 Å². The van der Waals surface area contributed by atoms with Crippen LogP contribution in [0.25, 0.3) is 0 Å². The molecule has 0 heterocycles. The number of rotatable bonds is 4. The summed E-state index contributed by atoms with van der Waals surface area (Å²) in [6, 6.07) is 3.02. The summed E-state index contributed by atoms with van der Waals surface area (Å²) in [5, 5.41) is 3.03. The van der Waals surface area contributed by atoms with Crippen LogP contribution in [0, 0.1) is 12.7 Å². The van der Waals surface area contributed by atoms with Crippen molar-refractivity contribution in [1.82, 2.24) is 5.32 Å². The molecular weight excluding hydrogens is 181 g/mol. The molecule has 0 fully saturated rings. The van der Waals surface area contributed by atoms with E-state index < -0.39 is 0 Å². The summed E-state index contributed by atoms with van der Waals surface area (Å²) in [5.41, 5.74) is 1.76. The van der Waals surface area contributed by atoms with E-state index in [0.717, 1.165) is 29.8 Å². The molecule has 0 atom stereocenters. The van der Waals surface area contributed by atoms with Gasteiger partial charge in [0.1, 0.15) is 11.6 Å². The number of ether oxygens (including phenoxy) is 1. The molecule has 1 N–H and O–H groups in total. The maximum atomic E-state index is 13.1. The summed E-state index contributed by atoms with van der Waals surface area (Å²) in [5.74, 6) is 0.594. The third kappa shape index (κ3) is 2.45. The van der Waals surface area contributed by atoms with Crippen molar-refractivity contribution in [2.75, 3.05) is 20.7 Å². The van der Waals surface area contributed by atoms with E-state index in [9.17, 15) is 4.39 Å². The quantitative estimate of drug-likeness (QED) is 0.796. The van der Waals surface area contributed by atoms with Gasteiger partial charge in [-0.1, -0.05) is 0 Å². The fraction of sp³-hybridized carbons (Fsp3) is 0.455. The van der Waals surface area contributed by atoms with Gasteiger partial charge < -0.3 is 10.1 Å². The molecule has 1 rings (SSSR count). The molecule has 14 heavy (non-hydrogen) atoms. The topological polar surface area (TPSA) is 21.3 Å². The van der Waals surface area contributed by atoms with Crippen molar-refractivity contribution in [1.29, 1.82) is 0 Å². The smallest absolute Gasteiger partial charge is 0.125 e. The van der Waals surface area contributed by atoms with Gasteiger partial charge in [-0.2, -0.15) is 0 Å². The minimum absolute atomic E-state index is 0.200. The molecule has 78 valence electrons. The maximum Gasteiger partial charge on any atom is 0.125 e. The zero-order valence-electron chi connectivity index (χ0n) is 8.86. The molecule has 3 heteroatoms. The first kappa shape index (κ1) is 11.0. The Bertz CT molecular complexity index is 312. The molecule has 2 nitrogen and oxygen atoms in total. The molecule has 0 amide bonds. The molecule has 0 bridgehead atoms. The molecule has 0 saturated heterocycles. The highest BCUT2D eigenvalue weighted by molar-refractivity contribution is 5.41. The molecule has 0 radical (unpaired) electrons. The fourth-order valence-corrected chi connectivity index (χ4v) is 1.54. The van der Waals surface area contributed by atoms with Gasteiger partial charge in [-0.25, -0.2) is 4.39 Å². The van der Waals surface area contributed by atoms with Crippen LogP contribution < -0.4 is 10.1 Å². The number of benzene rings is 1. The average molecular weight is 197 g/mol. The fourth-order valence-electron chi connectivity index (χ4n) is 1.54. The second kappa shape index (κ2) is 4.96. The highest BCUT2D eigenvalue weighted by Gasteiger charge is 2.07. The first-order chi connectivity index (χ1) is 6.69. The largest absolute Gasteiger partial charge is 0.496 e. The lowest BCUT2D eigenvalue weighted by atomic mass is 10.1. The lowest BCUT2D eigenvalue weighted by Crippen LogP contribution is -2.11. The number of aryl methyl sites for hydroxylation is 1. The van der Waals surface area contributed by atoms with Gasteiger partial charge in [0.15, 0.2) is 0 Å². The van der Waals surface area contributed by atoms with Crippen molar-refractivity contribution < 1.29 is 9.13 Å². The Morgan fingerprint density at radius 2 is 2.14 bits per heavy atom. The van der Waals surface area contributed by atoms with Gasteiger partial charge in [-0.05, 0) is 50.2 Å². The zero-order valence-corrected chi connectivity index (χ0v) is 8.86.